The van der Waals surface area contributed by atoms with E-state index in [0.29, 0.717) is 76.6 Å². The minimum Gasteiger partial charge on any atom is -0.481 e. The van der Waals surface area contributed by atoms with Gasteiger partial charge in [-0.2, -0.15) is 0 Å². The molecule has 0 unspecified atom stereocenters. The van der Waals surface area contributed by atoms with Gasteiger partial charge >= 0.3 is 0 Å². The molecule has 2 atom stereocenters. The smallest absolute Gasteiger partial charge is 0.220 e. The summed E-state index contributed by atoms with van der Waals surface area (Å²) in [5.41, 5.74) is 3.99. The van der Waals surface area contributed by atoms with Crippen molar-refractivity contribution in [1.82, 2.24) is 36.2 Å². The average molecular weight is 694 g/mol. The second kappa shape index (κ2) is 15.2. The number of halogens is 3. The zero-order valence-electron chi connectivity index (χ0n) is 26.2. The van der Waals surface area contributed by atoms with Gasteiger partial charge in [0.05, 0.1) is 45.6 Å². The fraction of sp³-hybridized carbons (Fsp3) is 0.324. The highest BCUT2D eigenvalue weighted by Gasteiger charge is 2.22. The highest BCUT2D eigenvalue weighted by atomic mass is 35.5. The summed E-state index contributed by atoms with van der Waals surface area (Å²) in [7, 11) is 1.56. The Morgan fingerprint density at radius 1 is 0.854 bits per heavy atom. The predicted molar refractivity (Wildman–Crippen MR) is 183 cm³/mol. The van der Waals surface area contributed by atoms with Crippen molar-refractivity contribution in [3.63, 3.8) is 0 Å². The number of nitrogens with zero attached hydrogens (tertiary/aromatic N) is 3. The molecule has 3 aromatic heterocycles. The Labute approximate surface area is 287 Å². The van der Waals surface area contributed by atoms with Crippen LogP contribution in [-0.4, -0.2) is 59.0 Å². The molecule has 2 aliphatic heterocycles. The maximum absolute atomic E-state index is 15.5. The number of benzene rings is 1. The molecule has 2 amide bonds. The van der Waals surface area contributed by atoms with E-state index < -0.39 is 5.82 Å². The highest BCUT2D eigenvalue weighted by Crippen LogP contribution is 2.41. The quantitative estimate of drug-likeness (QED) is 0.129. The number of carbonyl (C=O) groups is 2. The summed E-state index contributed by atoms with van der Waals surface area (Å²) in [6.45, 7) is 1.89. The topological polar surface area (TPSA) is 142 Å². The van der Waals surface area contributed by atoms with E-state index in [4.69, 9.17) is 32.9 Å². The Kier molecular flexibility index (Phi) is 10.7. The van der Waals surface area contributed by atoms with Crippen LogP contribution in [0.2, 0.25) is 10.0 Å². The van der Waals surface area contributed by atoms with Crippen molar-refractivity contribution in [2.24, 2.45) is 0 Å². The zero-order valence-corrected chi connectivity index (χ0v) is 27.7. The first kappa shape index (κ1) is 33.5. The Balaban J connectivity index is 1.17. The summed E-state index contributed by atoms with van der Waals surface area (Å²) in [5, 5.41) is 16.1. The SMILES string of the molecule is COc1nc(-c2ccnc(-c3cccc(Nc4ccnc(CNC[C@H]5CCC(=O)N5)c4F)c3Cl)c2Cl)ccc1CNC[C@H]1CCC(=O)N1. The molecule has 5 N–H and O–H groups in total. The van der Waals surface area contributed by atoms with E-state index in [0.717, 1.165) is 18.4 Å². The summed E-state index contributed by atoms with van der Waals surface area (Å²) < 4.78 is 21.1. The van der Waals surface area contributed by atoms with Crippen molar-refractivity contribution in [3.8, 4) is 28.4 Å². The summed E-state index contributed by atoms with van der Waals surface area (Å²) in [6, 6.07) is 12.6. The van der Waals surface area contributed by atoms with Crippen LogP contribution in [0.25, 0.3) is 22.5 Å². The van der Waals surface area contributed by atoms with Crippen molar-refractivity contribution in [2.45, 2.75) is 50.9 Å². The lowest BCUT2D eigenvalue weighted by molar-refractivity contribution is -0.120. The van der Waals surface area contributed by atoms with Crippen LogP contribution in [0.15, 0.2) is 54.9 Å². The van der Waals surface area contributed by atoms with Crippen LogP contribution >= 0.6 is 23.2 Å². The number of hydrogen-bond donors (Lipinski definition) is 5. The van der Waals surface area contributed by atoms with Crippen LogP contribution in [0.1, 0.15) is 36.9 Å². The molecular weight excluding hydrogens is 658 g/mol. The Hall–Kier alpha value is -4.36. The summed E-state index contributed by atoms with van der Waals surface area (Å²) in [6.07, 6.45) is 5.78. The van der Waals surface area contributed by atoms with Crippen molar-refractivity contribution >= 4 is 46.4 Å². The standard InChI is InChI=1S/C34H35Cl2FN8O3/c1-48-34-19(15-38-16-20-6-9-28(46)42-20)5-8-24(45-34)22-11-13-41-33(31(22)36)23-3-2-4-25(30(23)35)44-26-12-14-40-27(32(26)37)18-39-17-21-7-10-29(47)43-21/h2-5,8,11-14,20-21,38-39H,6-7,9-10,15-18H2,1H3,(H,40,44)(H,42,46)(H,43,47)/t20-,21-/m1/s1. The summed E-state index contributed by atoms with van der Waals surface area (Å²) >= 11 is 13.8. The number of hydrogen-bond acceptors (Lipinski definition) is 9. The normalized spacial score (nSPS) is 17.3. The maximum atomic E-state index is 15.5. The molecule has 5 heterocycles. The molecule has 2 fully saturated rings. The van der Waals surface area contributed by atoms with E-state index in [-0.39, 0.29) is 41.8 Å². The Morgan fingerprint density at radius 3 is 2.25 bits per heavy atom. The minimum absolute atomic E-state index is 0.0284. The number of aromatic nitrogens is 3. The second-order valence-corrected chi connectivity index (χ2v) is 12.4. The summed E-state index contributed by atoms with van der Waals surface area (Å²) in [5.74, 6) is 0.0539. The molecule has 14 heteroatoms. The van der Waals surface area contributed by atoms with E-state index in [1.54, 1.807) is 37.6 Å². The van der Waals surface area contributed by atoms with Gasteiger partial charge in [-0.05, 0) is 37.1 Å². The van der Waals surface area contributed by atoms with Gasteiger partial charge in [0, 0.05) is 80.2 Å². The zero-order chi connectivity index (χ0) is 33.6. The molecule has 6 rings (SSSR count). The molecule has 0 radical (unpaired) electrons. The second-order valence-electron chi connectivity index (χ2n) is 11.7. The number of nitrogens with one attached hydrogen (secondary N) is 5. The Morgan fingerprint density at radius 2 is 1.56 bits per heavy atom. The van der Waals surface area contributed by atoms with Crippen LogP contribution in [0.4, 0.5) is 15.8 Å². The third-order valence-electron chi connectivity index (χ3n) is 8.34. The minimum atomic E-state index is -0.510. The van der Waals surface area contributed by atoms with Crippen molar-refractivity contribution in [2.75, 3.05) is 25.5 Å². The third-order valence-corrected chi connectivity index (χ3v) is 9.13. The Bertz CT molecular complexity index is 1830. The molecule has 2 aliphatic rings. The number of methoxy groups -OCH3 is 1. The fourth-order valence-corrected chi connectivity index (χ4v) is 6.40. The fourth-order valence-electron chi connectivity index (χ4n) is 5.83. The van der Waals surface area contributed by atoms with Crippen molar-refractivity contribution in [1.29, 1.82) is 0 Å². The van der Waals surface area contributed by atoms with E-state index >= 15 is 4.39 Å². The summed E-state index contributed by atoms with van der Waals surface area (Å²) in [4.78, 5) is 36.4. The number of carbonyl (C=O) groups excluding carboxylic acids is 2. The lowest BCUT2D eigenvalue weighted by atomic mass is 10.1. The lowest BCUT2D eigenvalue weighted by Crippen LogP contribution is -2.35. The first-order valence-corrected chi connectivity index (χ1v) is 16.4. The van der Waals surface area contributed by atoms with Gasteiger partial charge < -0.3 is 31.3 Å². The van der Waals surface area contributed by atoms with Gasteiger partial charge in [0.2, 0.25) is 17.7 Å². The van der Waals surface area contributed by atoms with Gasteiger partial charge in [0.25, 0.3) is 0 Å². The van der Waals surface area contributed by atoms with Crippen LogP contribution in [-0.2, 0) is 22.7 Å². The number of rotatable bonds is 13. The number of ether oxygens (including phenoxy) is 1. The molecule has 4 aromatic rings. The molecule has 2 saturated heterocycles. The molecule has 0 saturated carbocycles. The van der Waals surface area contributed by atoms with E-state index in [1.807, 2.05) is 12.1 Å². The third kappa shape index (κ3) is 7.68. The van der Waals surface area contributed by atoms with Crippen LogP contribution in [0, 0.1) is 5.82 Å². The average Bonchev–Trinajstić information content (AvgIpc) is 3.70. The lowest BCUT2D eigenvalue weighted by Gasteiger charge is -2.16. The molecule has 0 aliphatic carbocycles. The van der Waals surface area contributed by atoms with Gasteiger partial charge in [-0.3, -0.25) is 19.6 Å². The molecule has 1 aromatic carbocycles. The van der Waals surface area contributed by atoms with E-state index in [9.17, 15) is 9.59 Å². The van der Waals surface area contributed by atoms with Crippen molar-refractivity contribution < 1.29 is 18.7 Å². The number of amides is 2. The monoisotopic (exact) mass is 692 g/mol. The molecular formula is C34H35Cl2FN8O3. The van der Waals surface area contributed by atoms with E-state index in [1.165, 1.54) is 12.3 Å². The molecule has 11 nitrogen and oxygen atoms in total. The van der Waals surface area contributed by atoms with Crippen molar-refractivity contribution in [3.05, 3.63) is 82.0 Å². The molecule has 0 spiro atoms. The maximum Gasteiger partial charge on any atom is 0.220 e. The molecule has 48 heavy (non-hydrogen) atoms. The number of anilines is 2. The van der Waals surface area contributed by atoms with Gasteiger partial charge in [-0.1, -0.05) is 41.4 Å². The van der Waals surface area contributed by atoms with Gasteiger partial charge in [-0.15, -0.1) is 0 Å². The highest BCUT2D eigenvalue weighted by molar-refractivity contribution is 6.39. The van der Waals surface area contributed by atoms with Crippen LogP contribution in [0.5, 0.6) is 5.88 Å². The first-order chi connectivity index (χ1) is 23.3. The predicted octanol–water partition coefficient (Wildman–Crippen LogP) is 5.14. The number of pyridine rings is 3. The first-order valence-electron chi connectivity index (χ1n) is 15.7. The molecule has 250 valence electrons. The van der Waals surface area contributed by atoms with Gasteiger partial charge in [0.1, 0.15) is 0 Å². The van der Waals surface area contributed by atoms with Crippen LogP contribution < -0.4 is 31.3 Å². The van der Waals surface area contributed by atoms with Gasteiger partial charge in [0.15, 0.2) is 5.82 Å². The largest absolute Gasteiger partial charge is 0.481 e. The van der Waals surface area contributed by atoms with Crippen LogP contribution in [0.3, 0.4) is 0 Å². The molecule has 0 bridgehead atoms. The van der Waals surface area contributed by atoms with Gasteiger partial charge in [-0.25, -0.2) is 9.37 Å². The van der Waals surface area contributed by atoms with E-state index in [2.05, 4.69) is 36.6 Å².